The average Bonchev–Trinajstić information content (AvgIpc) is 1.96. The van der Waals surface area contributed by atoms with E-state index in [0.717, 1.165) is 6.42 Å². The van der Waals surface area contributed by atoms with Crippen molar-refractivity contribution in [3.63, 3.8) is 0 Å². The maximum Gasteiger partial charge on any atom is 0.145 e. The summed E-state index contributed by atoms with van der Waals surface area (Å²) >= 11 is 6.03. The Morgan fingerprint density at radius 1 is 1.90 bits per heavy atom. The summed E-state index contributed by atoms with van der Waals surface area (Å²) in [6, 6.07) is 0. The van der Waals surface area contributed by atoms with Crippen LogP contribution in [0.2, 0.25) is 0 Å². The van der Waals surface area contributed by atoms with Crippen LogP contribution < -0.4 is 11.2 Å². The van der Waals surface area contributed by atoms with Gasteiger partial charge >= 0.3 is 0 Å². The predicted octanol–water partition coefficient (Wildman–Crippen LogP) is 0.763. The van der Waals surface area contributed by atoms with Crippen LogP contribution in [0.5, 0.6) is 0 Å². The molecule has 1 rings (SSSR count). The van der Waals surface area contributed by atoms with E-state index >= 15 is 0 Å². The number of nitrogens with two attached hydrogens (primary N) is 1. The third-order valence-corrected chi connectivity index (χ3v) is 2.13. The van der Waals surface area contributed by atoms with E-state index in [1.165, 1.54) is 0 Å². The second-order valence-corrected chi connectivity index (χ2v) is 2.85. The molecule has 3 N–H and O–H groups in total. The minimum absolute atomic E-state index is 0.430. The standard InChI is InChI=1S/C6H10ClN3/c1-2-6(7)3-4-9-10-5(6)8/h3-4,9H,2H2,1H3,(H2,8,10). The molecule has 4 heteroatoms. The van der Waals surface area contributed by atoms with Crippen LogP contribution in [0.25, 0.3) is 0 Å². The zero-order valence-corrected chi connectivity index (χ0v) is 6.52. The molecule has 0 spiro atoms. The van der Waals surface area contributed by atoms with Gasteiger partial charge in [0, 0.05) is 6.20 Å². The van der Waals surface area contributed by atoms with Crippen molar-refractivity contribution in [3.8, 4) is 0 Å². The van der Waals surface area contributed by atoms with Gasteiger partial charge in [0.05, 0.1) is 0 Å². The monoisotopic (exact) mass is 159 g/mol. The number of nitrogens with one attached hydrogen (secondary N) is 1. The summed E-state index contributed by atoms with van der Waals surface area (Å²) in [5.41, 5.74) is 8.15. The highest BCUT2D eigenvalue weighted by molar-refractivity contribution is 6.37. The molecule has 0 bridgehead atoms. The molecule has 0 saturated heterocycles. The summed E-state index contributed by atoms with van der Waals surface area (Å²) in [6.07, 6.45) is 4.24. The van der Waals surface area contributed by atoms with Crippen molar-refractivity contribution >= 4 is 17.4 Å². The zero-order valence-electron chi connectivity index (χ0n) is 5.76. The van der Waals surface area contributed by atoms with Gasteiger partial charge in [0.2, 0.25) is 0 Å². The molecular formula is C6H10ClN3. The number of halogens is 1. The molecule has 1 unspecified atom stereocenters. The van der Waals surface area contributed by atoms with Crippen LogP contribution in [0.15, 0.2) is 17.4 Å². The molecule has 1 heterocycles. The molecule has 0 aromatic carbocycles. The first-order valence-corrected chi connectivity index (χ1v) is 3.52. The normalized spacial score (nSPS) is 31.2. The minimum atomic E-state index is -0.564. The highest BCUT2D eigenvalue weighted by atomic mass is 35.5. The van der Waals surface area contributed by atoms with E-state index in [0.29, 0.717) is 5.84 Å². The maximum absolute atomic E-state index is 6.03. The third kappa shape index (κ3) is 1.09. The van der Waals surface area contributed by atoms with Gasteiger partial charge in [-0.15, -0.1) is 11.6 Å². The van der Waals surface area contributed by atoms with Crippen molar-refractivity contribution in [2.75, 3.05) is 0 Å². The number of hydrogen-bond donors (Lipinski definition) is 2. The molecule has 0 saturated carbocycles. The maximum atomic E-state index is 6.03. The lowest BCUT2D eigenvalue weighted by Crippen LogP contribution is -2.40. The van der Waals surface area contributed by atoms with Gasteiger partial charge < -0.3 is 5.73 Å². The van der Waals surface area contributed by atoms with E-state index in [-0.39, 0.29) is 0 Å². The van der Waals surface area contributed by atoms with Crippen LogP contribution in [-0.4, -0.2) is 10.7 Å². The lowest BCUT2D eigenvalue weighted by molar-refractivity contribution is 0.786. The van der Waals surface area contributed by atoms with Gasteiger partial charge in [-0.05, 0) is 12.5 Å². The Morgan fingerprint density at radius 2 is 2.60 bits per heavy atom. The van der Waals surface area contributed by atoms with Gasteiger partial charge in [0.25, 0.3) is 0 Å². The number of alkyl halides is 1. The number of hydrazone groups is 1. The second-order valence-electron chi connectivity index (χ2n) is 2.18. The van der Waals surface area contributed by atoms with Crippen LogP contribution >= 0.6 is 11.6 Å². The van der Waals surface area contributed by atoms with Crippen molar-refractivity contribution in [1.29, 1.82) is 0 Å². The molecule has 0 fully saturated rings. The summed E-state index contributed by atoms with van der Waals surface area (Å²) in [5.74, 6) is 0.430. The Balaban J connectivity index is 2.83. The van der Waals surface area contributed by atoms with Crippen molar-refractivity contribution in [1.82, 2.24) is 5.43 Å². The Hall–Kier alpha value is -0.700. The Labute approximate surface area is 64.9 Å². The first kappa shape index (κ1) is 7.41. The van der Waals surface area contributed by atoms with Gasteiger partial charge in [0.1, 0.15) is 10.7 Å². The highest BCUT2D eigenvalue weighted by Crippen LogP contribution is 2.22. The van der Waals surface area contributed by atoms with Gasteiger partial charge in [-0.3, -0.25) is 5.43 Å². The van der Waals surface area contributed by atoms with Gasteiger partial charge in [0.15, 0.2) is 0 Å². The van der Waals surface area contributed by atoms with E-state index in [2.05, 4.69) is 10.5 Å². The number of rotatable bonds is 1. The van der Waals surface area contributed by atoms with Crippen molar-refractivity contribution in [2.45, 2.75) is 18.2 Å². The van der Waals surface area contributed by atoms with E-state index in [1.54, 1.807) is 12.3 Å². The topological polar surface area (TPSA) is 50.4 Å². The van der Waals surface area contributed by atoms with Crippen molar-refractivity contribution in [3.05, 3.63) is 12.3 Å². The molecule has 10 heavy (non-hydrogen) atoms. The highest BCUT2D eigenvalue weighted by Gasteiger charge is 2.28. The zero-order chi connectivity index (χ0) is 7.61. The Kier molecular flexibility index (Phi) is 1.85. The van der Waals surface area contributed by atoms with Crippen LogP contribution in [-0.2, 0) is 0 Å². The van der Waals surface area contributed by atoms with E-state index in [1.807, 2.05) is 6.92 Å². The predicted molar refractivity (Wildman–Crippen MR) is 42.8 cm³/mol. The van der Waals surface area contributed by atoms with E-state index in [9.17, 15) is 0 Å². The summed E-state index contributed by atoms with van der Waals surface area (Å²) in [6.45, 7) is 1.96. The van der Waals surface area contributed by atoms with Crippen LogP contribution in [0.4, 0.5) is 0 Å². The molecule has 0 aromatic rings. The molecule has 3 nitrogen and oxygen atoms in total. The molecule has 56 valence electrons. The molecule has 1 aliphatic heterocycles. The number of hydrogen-bond acceptors (Lipinski definition) is 3. The molecule has 1 aliphatic rings. The lowest BCUT2D eigenvalue weighted by Gasteiger charge is -2.22. The second kappa shape index (κ2) is 2.50. The minimum Gasteiger partial charge on any atom is -0.384 e. The van der Waals surface area contributed by atoms with E-state index < -0.39 is 4.87 Å². The SMILES string of the molecule is CCC1(Cl)C=CNN=C1N. The van der Waals surface area contributed by atoms with Crippen molar-refractivity contribution in [2.24, 2.45) is 10.8 Å². The summed E-state index contributed by atoms with van der Waals surface area (Å²) in [5, 5.41) is 3.78. The fourth-order valence-electron chi connectivity index (χ4n) is 0.753. The first-order valence-electron chi connectivity index (χ1n) is 3.15. The molecule has 0 aliphatic carbocycles. The van der Waals surface area contributed by atoms with Crippen LogP contribution in [0, 0.1) is 0 Å². The molecule has 0 radical (unpaired) electrons. The van der Waals surface area contributed by atoms with Crippen molar-refractivity contribution < 1.29 is 0 Å². The Bertz CT molecular complexity index is 187. The summed E-state index contributed by atoms with van der Waals surface area (Å²) in [4.78, 5) is -0.564. The number of amidine groups is 1. The third-order valence-electron chi connectivity index (χ3n) is 1.55. The number of nitrogens with zero attached hydrogens (tertiary/aromatic N) is 1. The van der Waals surface area contributed by atoms with Gasteiger partial charge in [-0.25, -0.2) is 0 Å². The fourth-order valence-corrected chi connectivity index (χ4v) is 0.859. The molecule has 0 aromatic heterocycles. The largest absolute Gasteiger partial charge is 0.384 e. The summed E-state index contributed by atoms with van der Waals surface area (Å²) in [7, 11) is 0. The molecule has 0 amide bonds. The molecular weight excluding hydrogens is 150 g/mol. The smallest absolute Gasteiger partial charge is 0.145 e. The lowest BCUT2D eigenvalue weighted by atomic mass is 10.0. The Morgan fingerprint density at radius 3 is 3.00 bits per heavy atom. The van der Waals surface area contributed by atoms with Gasteiger partial charge in [-0.1, -0.05) is 6.92 Å². The summed E-state index contributed by atoms with van der Waals surface area (Å²) < 4.78 is 0. The van der Waals surface area contributed by atoms with Crippen LogP contribution in [0.3, 0.4) is 0 Å². The van der Waals surface area contributed by atoms with Crippen LogP contribution in [0.1, 0.15) is 13.3 Å². The first-order chi connectivity index (χ1) is 4.69. The average molecular weight is 160 g/mol. The molecule has 1 atom stereocenters. The quantitative estimate of drug-likeness (QED) is 0.556. The fraction of sp³-hybridized carbons (Fsp3) is 0.500. The van der Waals surface area contributed by atoms with E-state index in [4.69, 9.17) is 17.3 Å². The van der Waals surface area contributed by atoms with Gasteiger partial charge in [-0.2, -0.15) is 5.10 Å².